The number of aliphatic imine (C=N–C) groups is 1. The summed E-state index contributed by atoms with van der Waals surface area (Å²) in [6.07, 6.45) is 0. The second-order valence-electron chi connectivity index (χ2n) is 4.45. The largest absolute Gasteiger partial charge is 0.335 e. The van der Waals surface area contributed by atoms with Gasteiger partial charge in [0.2, 0.25) is 0 Å². The van der Waals surface area contributed by atoms with Crippen molar-refractivity contribution in [2.75, 3.05) is 11.1 Å². The van der Waals surface area contributed by atoms with Crippen molar-refractivity contribution >= 4 is 45.8 Å². The number of rotatable bonds is 2. The molecule has 3 rings (SSSR count). The summed E-state index contributed by atoms with van der Waals surface area (Å²) in [6.45, 7) is 0. The van der Waals surface area contributed by atoms with Crippen molar-refractivity contribution < 1.29 is 0 Å². The highest BCUT2D eigenvalue weighted by Crippen LogP contribution is 2.31. The Labute approximate surface area is 132 Å². The summed E-state index contributed by atoms with van der Waals surface area (Å²) in [4.78, 5) is 4.70. The summed E-state index contributed by atoms with van der Waals surface area (Å²) in [5.74, 6) is 0.945. The second-order valence-corrected chi connectivity index (χ2v) is 6.34. The van der Waals surface area contributed by atoms with Crippen LogP contribution in [0, 0.1) is 0 Å². The fourth-order valence-corrected chi connectivity index (χ4v) is 3.54. The predicted molar refractivity (Wildman–Crippen MR) is 89.2 cm³/mol. The number of nitrogens with zero attached hydrogens (tertiary/aromatic N) is 1. The van der Waals surface area contributed by atoms with Gasteiger partial charge >= 0.3 is 0 Å². The van der Waals surface area contributed by atoms with Crippen LogP contribution in [0.3, 0.4) is 0 Å². The standard InChI is InChI=1S/C15H12Cl2N2S/c16-11-6-12(17)8-13(7-11)18-15-19-14(9-20-15)10-4-2-1-3-5-10/h1-8,14H,9H2,(H,18,19). The summed E-state index contributed by atoms with van der Waals surface area (Å²) in [5.41, 5.74) is 2.10. The van der Waals surface area contributed by atoms with Crippen molar-refractivity contribution in [1.29, 1.82) is 0 Å². The van der Waals surface area contributed by atoms with Crippen LogP contribution in [0.2, 0.25) is 10.0 Å². The van der Waals surface area contributed by atoms with E-state index in [9.17, 15) is 0 Å². The van der Waals surface area contributed by atoms with Gasteiger partial charge < -0.3 is 5.32 Å². The minimum atomic E-state index is 0.207. The molecular formula is C15H12Cl2N2S. The summed E-state index contributed by atoms with van der Waals surface area (Å²) in [6, 6.07) is 15.9. The van der Waals surface area contributed by atoms with Crippen LogP contribution in [0.15, 0.2) is 53.5 Å². The molecule has 0 amide bonds. The zero-order valence-corrected chi connectivity index (χ0v) is 12.8. The van der Waals surface area contributed by atoms with E-state index in [-0.39, 0.29) is 6.04 Å². The van der Waals surface area contributed by atoms with E-state index < -0.39 is 0 Å². The Hall–Kier alpha value is -1.16. The minimum Gasteiger partial charge on any atom is -0.335 e. The van der Waals surface area contributed by atoms with E-state index in [2.05, 4.69) is 17.4 Å². The number of benzene rings is 2. The molecule has 0 fully saturated rings. The number of anilines is 1. The second kappa shape index (κ2) is 6.08. The number of halogens is 2. The first kappa shape index (κ1) is 13.8. The van der Waals surface area contributed by atoms with Gasteiger partial charge in [-0.3, -0.25) is 4.99 Å². The molecule has 2 aromatic carbocycles. The lowest BCUT2D eigenvalue weighted by atomic mass is 10.1. The highest BCUT2D eigenvalue weighted by molar-refractivity contribution is 8.14. The SMILES string of the molecule is Clc1cc(Cl)cc(NC2=NC(c3ccccc3)CS2)c1. The van der Waals surface area contributed by atoms with Gasteiger partial charge in [-0.25, -0.2) is 0 Å². The van der Waals surface area contributed by atoms with E-state index in [0.29, 0.717) is 10.0 Å². The molecule has 102 valence electrons. The van der Waals surface area contributed by atoms with E-state index >= 15 is 0 Å². The van der Waals surface area contributed by atoms with E-state index in [1.807, 2.05) is 30.3 Å². The van der Waals surface area contributed by atoms with E-state index in [0.717, 1.165) is 16.6 Å². The summed E-state index contributed by atoms with van der Waals surface area (Å²) in [5, 5.41) is 5.39. The van der Waals surface area contributed by atoms with Crippen LogP contribution in [0.1, 0.15) is 11.6 Å². The third-order valence-corrected chi connectivity index (χ3v) is 4.35. The van der Waals surface area contributed by atoms with Gasteiger partial charge in [0.25, 0.3) is 0 Å². The average Bonchev–Trinajstić information content (AvgIpc) is 2.87. The molecule has 0 spiro atoms. The van der Waals surface area contributed by atoms with Gasteiger partial charge in [-0.1, -0.05) is 65.3 Å². The van der Waals surface area contributed by atoms with Crippen LogP contribution in [0.4, 0.5) is 5.69 Å². The molecule has 0 saturated heterocycles. The van der Waals surface area contributed by atoms with Gasteiger partial charge in [0.05, 0.1) is 6.04 Å². The zero-order valence-electron chi connectivity index (χ0n) is 10.5. The molecule has 1 N–H and O–H groups in total. The molecule has 0 bridgehead atoms. The Morgan fingerprint density at radius 2 is 1.75 bits per heavy atom. The van der Waals surface area contributed by atoms with Crippen molar-refractivity contribution in [2.45, 2.75) is 6.04 Å². The van der Waals surface area contributed by atoms with Crippen LogP contribution in [-0.4, -0.2) is 10.9 Å². The number of hydrogen-bond donors (Lipinski definition) is 1. The Kier molecular flexibility index (Phi) is 4.20. The number of thioether (sulfide) groups is 1. The molecule has 1 heterocycles. The van der Waals surface area contributed by atoms with Crippen LogP contribution in [0.25, 0.3) is 0 Å². The lowest BCUT2D eigenvalue weighted by Crippen LogP contribution is -2.04. The van der Waals surface area contributed by atoms with Gasteiger partial charge in [0.1, 0.15) is 0 Å². The van der Waals surface area contributed by atoms with Crippen LogP contribution >= 0.6 is 35.0 Å². The minimum absolute atomic E-state index is 0.207. The molecule has 0 aliphatic carbocycles. The summed E-state index contributed by atoms with van der Waals surface area (Å²) in [7, 11) is 0. The fourth-order valence-electron chi connectivity index (χ4n) is 2.04. The summed E-state index contributed by atoms with van der Waals surface area (Å²) < 4.78 is 0. The van der Waals surface area contributed by atoms with Gasteiger partial charge in [-0.05, 0) is 23.8 Å². The van der Waals surface area contributed by atoms with Gasteiger partial charge in [0, 0.05) is 21.5 Å². The highest BCUT2D eigenvalue weighted by atomic mass is 35.5. The van der Waals surface area contributed by atoms with Gasteiger partial charge in [-0.2, -0.15) is 0 Å². The lowest BCUT2D eigenvalue weighted by Gasteiger charge is -2.06. The predicted octanol–water partition coefficient (Wildman–Crippen LogP) is 5.25. The normalized spacial score (nSPS) is 17.9. The lowest BCUT2D eigenvalue weighted by molar-refractivity contribution is 0.849. The molecule has 1 aliphatic heterocycles. The zero-order chi connectivity index (χ0) is 13.9. The monoisotopic (exact) mass is 322 g/mol. The maximum absolute atomic E-state index is 5.99. The van der Waals surface area contributed by atoms with Crippen molar-refractivity contribution in [3.05, 3.63) is 64.1 Å². The Morgan fingerprint density at radius 1 is 1.05 bits per heavy atom. The molecule has 1 atom stereocenters. The Bertz CT molecular complexity index is 623. The molecule has 5 heteroatoms. The number of nitrogens with one attached hydrogen (secondary N) is 1. The maximum Gasteiger partial charge on any atom is 0.161 e. The Balaban J connectivity index is 1.76. The first-order valence-electron chi connectivity index (χ1n) is 6.19. The number of hydrogen-bond acceptors (Lipinski definition) is 3. The maximum atomic E-state index is 5.99. The van der Waals surface area contributed by atoms with Crippen molar-refractivity contribution in [1.82, 2.24) is 0 Å². The molecule has 2 aromatic rings. The molecule has 2 nitrogen and oxygen atoms in total. The quantitative estimate of drug-likeness (QED) is 0.816. The van der Waals surface area contributed by atoms with Crippen molar-refractivity contribution in [2.24, 2.45) is 4.99 Å². The fraction of sp³-hybridized carbons (Fsp3) is 0.133. The third kappa shape index (κ3) is 3.29. The molecule has 0 saturated carbocycles. The van der Waals surface area contributed by atoms with E-state index in [4.69, 9.17) is 28.2 Å². The van der Waals surface area contributed by atoms with E-state index in [1.54, 1.807) is 17.8 Å². The van der Waals surface area contributed by atoms with Gasteiger partial charge in [-0.15, -0.1) is 0 Å². The first-order valence-corrected chi connectivity index (χ1v) is 7.93. The number of amidine groups is 1. The molecule has 1 unspecified atom stereocenters. The third-order valence-electron chi connectivity index (χ3n) is 2.95. The van der Waals surface area contributed by atoms with Gasteiger partial charge in [0.15, 0.2) is 5.17 Å². The average molecular weight is 323 g/mol. The van der Waals surface area contributed by atoms with Crippen molar-refractivity contribution in [3.63, 3.8) is 0 Å². The molecule has 0 radical (unpaired) electrons. The first-order chi connectivity index (χ1) is 9.70. The van der Waals surface area contributed by atoms with Crippen molar-refractivity contribution in [3.8, 4) is 0 Å². The van der Waals surface area contributed by atoms with Crippen LogP contribution in [0.5, 0.6) is 0 Å². The Morgan fingerprint density at radius 3 is 2.45 bits per heavy atom. The molecule has 20 heavy (non-hydrogen) atoms. The highest BCUT2D eigenvalue weighted by Gasteiger charge is 2.19. The molecular weight excluding hydrogens is 311 g/mol. The summed E-state index contributed by atoms with van der Waals surface area (Å²) >= 11 is 13.7. The molecule has 1 aliphatic rings. The molecule has 0 aromatic heterocycles. The van der Waals surface area contributed by atoms with Crippen LogP contribution < -0.4 is 5.32 Å². The smallest absolute Gasteiger partial charge is 0.161 e. The van der Waals surface area contributed by atoms with E-state index in [1.165, 1.54) is 5.56 Å². The van der Waals surface area contributed by atoms with Crippen LogP contribution in [-0.2, 0) is 0 Å². The topological polar surface area (TPSA) is 24.4 Å².